The second kappa shape index (κ2) is 8.95. The van der Waals surface area contributed by atoms with Crippen molar-refractivity contribution in [1.82, 2.24) is 20.1 Å². The first-order valence-corrected chi connectivity index (χ1v) is 10.0. The van der Waals surface area contributed by atoms with Crippen molar-refractivity contribution in [3.8, 4) is 0 Å². The van der Waals surface area contributed by atoms with Gasteiger partial charge in [-0.05, 0) is 18.4 Å². The van der Waals surface area contributed by atoms with Crippen molar-refractivity contribution in [2.75, 3.05) is 42.9 Å². The van der Waals surface area contributed by atoms with Crippen molar-refractivity contribution in [1.29, 1.82) is 0 Å². The highest BCUT2D eigenvalue weighted by Gasteiger charge is 2.20. The van der Waals surface area contributed by atoms with Gasteiger partial charge in [0.25, 0.3) is 0 Å². The molecule has 1 saturated carbocycles. The fraction of sp³-hybridized carbons (Fsp3) is 0.476. The van der Waals surface area contributed by atoms with Gasteiger partial charge in [-0.3, -0.25) is 4.90 Å². The number of benzene rings is 1. The fourth-order valence-corrected chi connectivity index (χ4v) is 3.81. The van der Waals surface area contributed by atoms with Gasteiger partial charge in [0, 0.05) is 38.8 Å². The van der Waals surface area contributed by atoms with Crippen LogP contribution in [0, 0.1) is 0 Å². The fourth-order valence-electron chi connectivity index (χ4n) is 3.81. The first-order chi connectivity index (χ1) is 13.4. The molecule has 2 heterocycles. The lowest BCUT2D eigenvalue weighted by Gasteiger charge is -2.34. The molecule has 1 saturated heterocycles. The largest absolute Gasteiger partial charge is 0.366 e. The van der Waals surface area contributed by atoms with Gasteiger partial charge in [0.1, 0.15) is 0 Å². The molecule has 0 unspecified atom stereocenters. The Kier molecular flexibility index (Phi) is 5.94. The quantitative estimate of drug-likeness (QED) is 0.850. The summed E-state index contributed by atoms with van der Waals surface area (Å²) in [7, 11) is 0. The first kappa shape index (κ1) is 17.9. The van der Waals surface area contributed by atoms with Crippen molar-refractivity contribution in [2.45, 2.75) is 31.7 Å². The standard InChI is InChI=1S/C21H28N6/c1-2-7-18(8-3-1)9-6-12-26-13-15-27(16-14-26)21-24-20(17-22-25-21)23-19-10-4-5-11-19/h1-3,6-9,17,19H,4-5,10-16H2,(H,23,24,25)/b9-6+. The molecule has 0 bridgehead atoms. The van der Waals surface area contributed by atoms with Gasteiger partial charge in [-0.15, -0.1) is 5.10 Å². The molecule has 2 aliphatic rings. The van der Waals surface area contributed by atoms with Crippen LogP contribution >= 0.6 is 0 Å². The van der Waals surface area contributed by atoms with Crippen LogP contribution in [0.5, 0.6) is 0 Å². The zero-order valence-electron chi connectivity index (χ0n) is 15.8. The zero-order chi connectivity index (χ0) is 18.3. The molecule has 0 amide bonds. The van der Waals surface area contributed by atoms with Crippen LogP contribution in [-0.4, -0.2) is 58.8 Å². The Hall–Kier alpha value is -2.47. The molecule has 1 aliphatic heterocycles. The van der Waals surface area contributed by atoms with E-state index in [4.69, 9.17) is 4.98 Å². The van der Waals surface area contributed by atoms with E-state index in [9.17, 15) is 0 Å². The van der Waals surface area contributed by atoms with E-state index < -0.39 is 0 Å². The molecule has 6 heteroatoms. The molecule has 4 rings (SSSR count). The van der Waals surface area contributed by atoms with Crippen molar-refractivity contribution in [3.63, 3.8) is 0 Å². The van der Waals surface area contributed by atoms with Gasteiger partial charge in [-0.2, -0.15) is 10.1 Å². The van der Waals surface area contributed by atoms with E-state index >= 15 is 0 Å². The van der Waals surface area contributed by atoms with Gasteiger partial charge in [0.2, 0.25) is 5.95 Å². The third-order valence-corrected chi connectivity index (χ3v) is 5.38. The number of anilines is 2. The number of aromatic nitrogens is 3. The van der Waals surface area contributed by atoms with Gasteiger partial charge in [-0.1, -0.05) is 55.3 Å². The van der Waals surface area contributed by atoms with Gasteiger partial charge < -0.3 is 10.2 Å². The monoisotopic (exact) mass is 364 g/mol. The van der Waals surface area contributed by atoms with Gasteiger partial charge in [0.15, 0.2) is 5.82 Å². The molecule has 0 spiro atoms. The molecule has 6 nitrogen and oxygen atoms in total. The number of hydrogen-bond acceptors (Lipinski definition) is 6. The SMILES string of the molecule is C(=C\c1ccccc1)/CN1CCN(c2nncc(NC3CCCC3)n2)CC1. The van der Waals surface area contributed by atoms with E-state index in [-0.39, 0.29) is 0 Å². The summed E-state index contributed by atoms with van der Waals surface area (Å²) in [5.74, 6) is 1.61. The summed E-state index contributed by atoms with van der Waals surface area (Å²) in [4.78, 5) is 9.40. The van der Waals surface area contributed by atoms with E-state index in [0.29, 0.717) is 6.04 Å². The predicted molar refractivity (Wildman–Crippen MR) is 110 cm³/mol. The minimum Gasteiger partial charge on any atom is -0.366 e. The second-order valence-electron chi connectivity index (χ2n) is 7.37. The Morgan fingerprint density at radius 1 is 1.04 bits per heavy atom. The highest BCUT2D eigenvalue weighted by Crippen LogP contribution is 2.21. The van der Waals surface area contributed by atoms with Crippen molar-refractivity contribution < 1.29 is 0 Å². The summed E-state index contributed by atoms with van der Waals surface area (Å²) in [6, 6.07) is 11.0. The normalized spacial score (nSPS) is 19.0. The molecular weight excluding hydrogens is 336 g/mol. The molecule has 2 fully saturated rings. The number of nitrogens with one attached hydrogen (secondary N) is 1. The Morgan fingerprint density at radius 3 is 2.59 bits per heavy atom. The minimum atomic E-state index is 0.544. The summed E-state index contributed by atoms with van der Waals surface area (Å²) >= 11 is 0. The highest BCUT2D eigenvalue weighted by atomic mass is 15.4. The van der Waals surface area contributed by atoms with Crippen LogP contribution in [0.2, 0.25) is 0 Å². The summed E-state index contributed by atoms with van der Waals surface area (Å²) in [5.41, 5.74) is 1.25. The molecule has 1 aliphatic carbocycles. The third-order valence-electron chi connectivity index (χ3n) is 5.38. The van der Waals surface area contributed by atoms with Gasteiger partial charge >= 0.3 is 0 Å². The number of rotatable bonds is 6. The lowest BCUT2D eigenvalue weighted by molar-refractivity contribution is 0.282. The molecule has 1 N–H and O–H groups in total. The van der Waals surface area contributed by atoms with Crippen LogP contribution in [0.3, 0.4) is 0 Å². The van der Waals surface area contributed by atoms with Crippen LogP contribution in [0.15, 0.2) is 42.6 Å². The summed E-state index contributed by atoms with van der Waals surface area (Å²) in [6.45, 7) is 4.89. The lowest BCUT2D eigenvalue weighted by atomic mass is 10.2. The van der Waals surface area contributed by atoms with Crippen LogP contribution in [-0.2, 0) is 0 Å². The van der Waals surface area contributed by atoms with Gasteiger partial charge in [-0.25, -0.2) is 0 Å². The molecular formula is C21H28N6. The Balaban J connectivity index is 1.27. The van der Waals surface area contributed by atoms with E-state index in [2.05, 4.69) is 61.7 Å². The van der Waals surface area contributed by atoms with E-state index in [1.165, 1.54) is 31.2 Å². The molecule has 1 aromatic carbocycles. The second-order valence-corrected chi connectivity index (χ2v) is 7.37. The molecule has 1 aromatic heterocycles. The van der Waals surface area contributed by atoms with Crippen LogP contribution in [0.1, 0.15) is 31.2 Å². The van der Waals surface area contributed by atoms with E-state index in [0.717, 1.165) is 44.5 Å². The van der Waals surface area contributed by atoms with Crippen LogP contribution in [0.4, 0.5) is 11.8 Å². The maximum absolute atomic E-state index is 4.70. The molecule has 142 valence electrons. The number of nitrogens with zero attached hydrogens (tertiary/aromatic N) is 5. The van der Waals surface area contributed by atoms with E-state index in [1.807, 2.05) is 6.07 Å². The number of piperazine rings is 1. The van der Waals surface area contributed by atoms with Crippen molar-refractivity contribution in [3.05, 3.63) is 48.2 Å². The molecule has 27 heavy (non-hydrogen) atoms. The molecule has 2 aromatic rings. The van der Waals surface area contributed by atoms with Crippen molar-refractivity contribution >= 4 is 17.8 Å². The molecule has 0 radical (unpaired) electrons. The Morgan fingerprint density at radius 2 is 1.81 bits per heavy atom. The third kappa shape index (κ3) is 5.04. The maximum Gasteiger partial charge on any atom is 0.247 e. The molecule has 0 atom stereocenters. The first-order valence-electron chi connectivity index (χ1n) is 10.0. The summed E-state index contributed by atoms with van der Waals surface area (Å²) in [6.07, 6.45) is 11.3. The lowest BCUT2D eigenvalue weighted by Crippen LogP contribution is -2.47. The van der Waals surface area contributed by atoms with E-state index in [1.54, 1.807) is 6.20 Å². The van der Waals surface area contributed by atoms with Crippen molar-refractivity contribution in [2.24, 2.45) is 0 Å². The Bertz CT molecular complexity index is 733. The van der Waals surface area contributed by atoms with Crippen LogP contribution < -0.4 is 10.2 Å². The smallest absolute Gasteiger partial charge is 0.247 e. The number of hydrogen-bond donors (Lipinski definition) is 1. The summed E-state index contributed by atoms with van der Waals surface area (Å²) < 4.78 is 0. The minimum absolute atomic E-state index is 0.544. The predicted octanol–water partition coefficient (Wildman–Crippen LogP) is 3.06. The topological polar surface area (TPSA) is 57.2 Å². The average Bonchev–Trinajstić information content (AvgIpc) is 3.23. The highest BCUT2D eigenvalue weighted by molar-refractivity contribution is 5.48. The summed E-state index contributed by atoms with van der Waals surface area (Å²) in [5, 5.41) is 11.9. The van der Waals surface area contributed by atoms with Crippen LogP contribution in [0.25, 0.3) is 6.08 Å². The van der Waals surface area contributed by atoms with Gasteiger partial charge in [0.05, 0.1) is 6.20 Å². The zero-order valence-corrected chi connectivity index (χ0v) is 15.8. The Labute approximate surface area is 161 Å². The average molecular weight is 364 g/mol. The maximum atomic E-state index is 4.70.